The number of nitro groups is 1. The normalized spacial score (nSPS) is 11.1. The number of hydrogen-bond acceptors (Lipinski definition) is 7. The Bertz CT molecular complexity index is 1200. The summed E-state index contributed by atoms with van der Waals surface area (Å²) in [4.78, 5) is 19.1. The maximum Gasteiger partial charge on any atom is 0.433 e. The van der Waals surface area contributed by atoms with Gasteiger partial charge in [0.05, 0.1) is 11.6 Å². The third-order valence-electron chi connectivity index (χ3n) is 3.92. The molecule has 0 aliphatic rings. The summed E-state index contributed by atoms with van der Waals surface area (Å²) in [6, 6.07) is 17.0. The van der Waals surface area contributed by atoms with Crippen molar-refractivity contribution in [3.63, 3.8) is 0 Å². The first kappa shape index (κ1) is 17.2. The molecule has 0 amide bonds. The quantitative estimate of drug-likeness (QED) is 0.382. The number of rotatable bonds is 5. The first-order valence-electron chi connectivity index (χ1n) is 8.34. The summed E-state index contributed by atoms with van der Waals surface area (Å²) in [6.07, 6.45) is 3.18. The van der Waals surface area contributed by atoms with Crippen molar-refractivity contribution in [2.24, 2.45) is 0 Å². The molecule has 0 aliphatic carbocycles. The molecule has 2 N–H and O–H groups in total. The van der Waals surface area contributed by atoms with E-state index in [1.54, 1.807) is 30.4 Å². The Hall–Kier alpha value is -4.20. The van der Waals surface area contributed by atoms with Crippen molar-refractivity contribution >= 4 is 40.4 Å². The van der Waals surface area contributed by atoms with E-state index in [0.717, 1.165) is 10.9 Å². The lowest BCUT2D eigenvalue weighted by Crippen LogP contribution is -1.99. The van der Waals surface area contributed by atoms with Crippen molar-refractivity contribution < 1.29 is 14.4 Å². The van der Waals surface area contributed by atoms with Gasteiger partial charge in [-0.3, -0.25) is 10.1 Å². The zero-order valence-corrected chi connectivity index (χ0v) is 14.4. The monoisotopic (exact) mass is 374 g/mol. The molecular weight excluding hydrogens is 360 g/mol. The molecule has 0 spiro atoms. The zero-order valence-electron chi connectivity index (χ0n) is 14.4. The van der Waals surface area contributed by atoms with Gasteiger partial charge in [0.1, 0.15) is 22.3 Å². The molecule has 0 unspecified atom stereocenters. The molecule has 0 saturated heterocycles. The fourth-order valence-corrected chi connectivity index (χ4v) is 2.67. The molecule has 8 heteroatoms. The summed E-state index contributed by atoms with van der Waals surface area (Å²) in [6.45, 7) is 0. The van der Waals surface area contributed by atoms with Crippen LogP contribution in [0.25, 0.3) is 23.1 Å². The fourth-order valence-electron chi connectivity index (χ4n) is 2.67. The van der Waals surface area contributed by atoms with Crippen molar-refractivity contribution in [3.8, 4) is 5.75 Å². The van der Waals surface area contributed by atoms with Gasteiger partial charge in [-0.1, -0.05) is 18.2 Å². The Kier molecular flexibility index (Phi) is 4.43. The van der Waals surface area contributed by atoms with Gasteiger partial charge in [0.15, 0.2) is 5.82 Å². The van der Waals surface area contributed by atoms with E-state index in [9.17, 15) is 15.2 Å². The van der Waals surface area contributed by atoms with E-state index in [1.807, 2.05) is 30.3 Å². The molecule has 0 bridgehead atoms. The van der Waals surface area contributed by atoms with Crippen LogP contribution in [0.3, 0.4) is 0 Å². The summed E-state index contributed by atoms with van der Waals surface area (Å²) in [5, 5.41) is 24.4. The van der Waals surface area contributed by atoms with Gasteiger partial charge < -0.3 is 14.8 Å². The van der Waals surface area contributed by atoms with E-state index < -0.39 is 4.92 Å². The van der Waals surface area contributed by atoms with Crippen LogP contribution in [-0.4, -0.2) is 20.0 Å². The SMILES string of the molecule is O=[N+]([O-])c1ccc(/C=C/c2nc(Nc3cccc(O)c3)c3ccccc3n2)o1. The highest BCUT2D eigenvalue weighted by molar-refractivity contribution is 5.91. The van der Waals surface area contributed by atoms with Crippen molar-refractivity contribution in [1.82, 2.24) is 9.97 Å². The van der Waals surface area contributed by atoms with Crippen molar-refractivity contribution in [2.45, 2.75) is 0 Å². The van der Waals surface area contributed by atoms with Crippen LogP contribution >= 0.6 is 0 Å². The topological polar surface area (TPSA) is 114 Å². The maximum atomic E-state index is 10.7. The van der Waals surface area contributed by atoms with Crippen LogP contribution in [0.5, 0.6) is 5.75 Å². The summed E-state index contributed by atoms with van der Waals surface area (Å²) in [5.74, 6) is 1.11. The molecule has 0 atom stereocenters. The third-order valence-corrected chi connectivity index (χ3v) is 3.92. The molecule has 0 saturated carbocycles. The van der Waals surface area contributed by atoms with Crippen LogP contribution in [0.2, 0.25) is 0 Å². The number of phenolic OH excluding ortho intramolecular Hbond substituents is 1. The Morgan fingerprint density at radius 2 is 1.89 bits per heavy atom. The predicted molar refractivity (Wildman–Crippen MR) is 105 cm³/mol. The fraction of sp³-hybridized carbons (Fsp3) is 0. The first-order chi connectivity index (χ1) is 13.6. The summed E-state index contributed by atoms with van der Waals surface area (Å²) >= 11 is 0. The predicted octanol–water partition coefficient (Wildman–Crippen LogP) is 4.75. The van der Waals surface area contributed by atoms with Gasteiger partial charge in [-0.15, -0.1) is 0 Å². The lowest BCUT2D eigenvalue weighted by atomic mass is 10.2. The van der Waals surface area contributed by atoms with E-state index in [2.05, 4.69) is 15.3 Å². The van der Waals surface area contributed by atoms with Crippen LogP contribution < -0.4 is 5.32 Å². The molecule has 2 aromatic carbocycles. The average Bonchev–Trinajstić information content (AvgIpc) is 3.16. The summed E-state index contributed by atoms with van der Waals surface area (Å²) in [5.41, 5.74) is 1.41. The van der Waals surface area contributed by atoms with Crippen LogP contribution in [0.1, 0.15) is 11.6 Å². The molecule has 4 rings (SSSR count). The largest absolute Gasteiger partial charge is 0.508 e. The second-order valence-electron chi connectivity index (χ2n) is 5.89. The van der Waals surface area contributed by atoms with Crippen LogP contribution in [0, 0.1) is 10.1 Å². The van der Waals surface area contributed by atoms with Gasteiger partial charge in [0.25, 0.3) is 0 Å². The van der Waals surface area contributed by atoms with Gasteiger partial charge >= 0.3 is 5.88 Å². The summed E-state index contributed by atoms with van der Waals surface area (Å²) in [7, 11) is 0. The molecule has 138 valence electrons. The highest BCUT2D eigenvalue weighted by Crippen LogP contribution is 2.26. The number of anilines is 2. The number of aromatic hydroxyl groups is 1. The van der Waals surface area contributed by atoms with E-state index in [0.29, 0.717) is 23.1 Å². The first-order valence-corrected chi connectivity index (χ1v) is 8.34. The lowest BCUT2D eigenvalue weighted by Gasteiger charge is -2.10. The number of phenols is 1. The minimum absolute atomic E-state index is 0.142. The van der Waals surface area contributed by atoms with Gasteiger partial charge in [-0.05, 0) is 42.5 Å². The van der Waals surface area contributed by atoms with E-state index in [1.165, 1.54) is 12.1 Å². The lowest BCUT2D eigenvalue weighted by molar-refractivity contribution is -0.402. The molecule has 8 nitrogen and oxygen atoms in total. The molecule has 0 aliphatic heterocycles. The Labute approximate surface area is 158 Å². The van der Waals surface area contributed by atoms with Crippen LogP contribution in [0.15, 0.2) is 65.1 Å². The number of fused-ring (bicyclic) bond motifs is 1. The Morgan fingerprint density at radius 3 is 2.68 bits per heavy atom. The minimum atomic E-state index is -0.596. The van der Waals surface area contributed by atoms with Gasteiger partial charge in [-0.2, -0.15) is 0 Å². The summed E-state index contributed by atoms with van der Waals surface area (Å²) < 4.78 is 5.11. The number of nitrogens with zero attached hydrogens (tertiary/aromatic N) is 3. The number of hydrogen-bond donors (Lipinski definition) is 2. The minimum Gasteiger partial charge on any atom is -0.508 e. The van der Waals surface area contributed by atoms with Crippen molar-refractivity contribution in [3.05, 3.63) is 82.4 Å². The molecule has 28 heavy (non-hydrogen) atoms. The standard InChI is InChI=1S/C20H14N4O4/c25-14-5-3-4-13(12-14)21-20-16-6-1-2-7-17(16)22-18(23-20)10-8-15-9-11-19(28-15)24(26)27/h1-12,25H,(H,21,22,23)/b10-8+. The van der Waals surface area contributed by atoms with E-state index in [-0.39, 0.29) is 11.6 Å². The van der Waals surface area contributed by atoms with E-state index in [4.69, 9.17) is 4.42 Å². The number of benzene rings is 2. The molecule has 0 radical (unpaired) electrons. The highest BCUT2D eigenvalue weighted by atomic mass is 16.6. The van der Waals surface area contributed by atoms with Gasteiger partial charge in [0.2, 0.25) is 0 Å². The third kappa shape index (κ3) is 3.65. The van der Waals surface area contributed by atoms with Crippen molar-refractivity contribution in [1.29, 1.82) is 0 Å². The van der Waals surface area contributed by atoms with Gasteiger partial charge in [-0.25, -0.2) is 9.97 Å². The second kappa shape index (κ2) is 7.20. The Morgan fingerprint density at radius 1 is 1.04 bits per heavy atom. The second-order valence-corrected chi connectivity index (χ2v) is 5.89. The average molecular weight is 374 g/mol. The molecular formula is C20H14N4O4. The zero-order chi connectivity index (χ0) is 19.5. The molecule has 2 heterocycles. The smallest absolute Gasteiger partial charge is 0.433 e. The van der Waals surface area contributed by atoms with Crippen molar-refractivity contribution in [2.75, 3.05) is 5.32 Å². The number of nitrogens with one attached hydrogen (secondary N) is 1. The highest BCUT2D eigenvalue weighted by Gasteiger charge is 2.11. The molecule has 2 aromatic heterocycles. The maximum absolute atomic E-state index is 10.7. The van der Waals surface area contributed by atoms with Crippen LogP contribution in [0.4, 0.5) is 17.4 Å². The molecule has 0 fully saturated rings. The number of para-hydroxylation sites is 1. The molecule has 4 aromatic rings. The number of aromatic nitrogens is 2. The number of furan rings is 1. The van der Waals surface area contributed by atoms with E-state index >= 15 is 0 Å². The van der Waals surface area contributed by atoms with Crippen LogP contribution in [-0.2, 0) is 0 Å². The Balaban J connectivity index is 1.70. The van der Waals surface area contributed by atoms with Gasteiger partial charge in [0, 0.05) is 17.1 Å².